The highest BCUT2D eigenvalue weighted by atomic mass is 32.2. The van der Waals surface area contributed by atoms with E-state index >= 15 is 0 Å². The highest BCUT2D eigenvalue weighted by molar-refractivity contribution is 7.99. The van der Waals surface area contributed by atoms with E-state index in [2.05, 4.69) is 27.7 Å². The Hall–Kier alpha value is -1.34. The lowest BCUT2D eigenvalue weighted by Crippen LogP contribution is -2.31. The van der Waals surface area contributed by atoms with Crippen molar-refractivity contribution in [3.63, 3.8) is 0 Å². The van der Waals surface area contributed by atoms with Crippen LogP contribution in [0.1, 0.15) is 12.8 Å². The summed E-state index contributed by atoms with van der Waals surface area (Å²) >= 11 is 1.57. The Morgan fingerprint density at radius 1 is 1.32 bits per heavy atom. The van der Waals surface area contributed by atoms with Crippen molar-refractivity contribution in [3.8, 4) is 0 Å². The summed E-state index contributed by atoms with van der Waals surface area (Å²) in [5.41, 5.74) is 0. The molecule has 1 unspecified atom stereocenters. The van der Waals surface area contributed by atoms with Crippen LogP contribution in [0.5, 0.6) is 0 Å². The van der Waals surface area contributed by atoms with Crippen molar-refractivity contribution in [2.24, 2.45) is 0 Å². The molecule has 2 aromatic rings. The highest BCUT2D eigenvalue weighted by Crippen LogP contribution is 2.25. The third-order valence-corrected chi connectivity index (χ3v) is 4.24. The first-order valence-corrected chi connectivity index (χ1v) is 7.15. The van der Waals surface area contributed by atoms with Crippen LogP contribution in [0.4, 0.5) is 0 Å². The molecule has 1 aliphatic rings. The van der Waals surface area contributed by atoms with Crippen LogP contribution >= 0.6 is 11.8 Å². The number of rotatable bonds is 4. The standard InChI is InChI=1S/C12H14BN5S/c13-17-8-4-5-10(17)9-18-12(14-15-16-18)19-11-6-2-1-3-7-11/h1-3,6-7,10H,4-5,8-9H2. The molecule has 0 N–H and O–H groups in total. The number of aromatic nitrogens is 4. The Labute approximate surface area is 117 Å². The fourth-order valence-electron chi connectivity index (χ4n) is 2.23. The van der Waals surface area contributed by atoms with Crippen molar-refractivity contribution in [3.05, 3.63) is 30.3 Å². The highest BCUT2D eigenvalue weighted by Gasteiger charge is 2.22. The lowest BCUT2D eigenvalue weighted by molar-refractivity contribution is 0.344. The van der Waals surface area contributed by atoms with Gasteiger partial charge >= 0.3 is 0 Å². The molecule has 1 fully saturated rings. The molecule has 96 valence electrons. The van der Waals surface area contributed by atoms with Gasteiger partial charge in [0.15, 0.2) is 7.98 Å². The molecule has 1 aromatic carbocycles. The minimum absolute atomic E-state index is 0.332. The SMILES string of the molecule is [B]N1CCCC1Cn1nnnc1Sc1ccccc1. The maximum absolute atomic E-state index is 5.94. The largest absolute Gasteiger partial charge is 0.349 e. The molecule has 0 aliphatic carbocycles. The Morgan fingerprint density at radius 2 is 2.16 bits per heavy atom. The first kappa shape index (κ1) is 12.7. The van der Waals surface area contributed by atoms with Crippen molar-refractivity contribution in [2.75, 3.05) is 6.54 Å². The molecule has 1 saturated heterocycles. The van der Waals surface area contributed by atoms with Crippen LogP contribution in [0, 0.1) is 0 Å². The second-order valence-corrected chi connectivity index (χ2v) is 5.63. The zero-order valence-corrected chi connectivity index (χ0v) is 11.3. The predicted molar refractivity (Wildman–Crippen MR) is 73.9 cm³/mol. The molecule has 5 nitrogen and oxygen atoms in total. The maximum atomic E-state index is 5.94. The van der Waals surface area contributed by atoms with Gasteiger partial charge in [0.25, 0.3) is 0 Å². The van der Waals surface area contributed by atoms with Crippen molar-refractivity contribution in [1.82, 2.24) is 25.0 Å². The molecule has 3 rings (SSSR count). The molecule has 0 spiro atoms. The summed E-state index contributed by atoms with van der Waals surface area (Å²) < 4.78 is 1.84. The molecule has 1 aliphatic heterocycles. The maximum Gasteiger partial charge on any atom is 0.214 e. The summed E-state index contributed by atoms with van der Waals surface area (Å²) in [6.45, 7) is 1.70. The van der Waals surface area contributed by atoms with Crippen LogP contribution in [-0.4, -0.2) is 45.6 Å². The van der Waals surface area contributed by atoms with E-state index < -0.39 is 0 Å². The van der Waals surface area contributed by atoms with Crippen LogP contribution < -0.4 is 0 Å². The summed E-state index contributed by atoms with van der Waals surface area (Å²) in [7, 11) is 5.94. The quantitative estimate of drug-likeness (QED) is 0.786. The molecule has 0 saturated carbocycles. The van der Waals surface area contributed by atoms with Gasteiger partial charge in [0.05, 0.1) is 6.54 Å². The van der Waals surface area contributed by atoms with Gasteiger partial charge in [-0.05, 0) is 53.7 Å². The molecular formula is C12H14BN5S. The first-order valence-electron chi connectivity index (χ1n) is 6.33. The number of hydrogen-bond acceptors (Lipinski definition) is 5. The second-order valence-electron chi connectivity index (χ2n) is 4.59. The van der Waals surface area contributed by atoms with Crippen LogP contribution in [0.25, 0.3) is 0 Å². The van der Waals surface area contributed by atoms with Gasteiger partial charge < -0.3 is 4.81 Å². The topological polar surface area (TPSA) is 46.8 Å². The zero-order chi connectivity index (χ0) is 13.1. The molecule has 0 bridgehead atoms. The van der Waals surface area contributed by atoms with E-state index in [4.69, 9.17) is 7.98 Å². The summed E-state index contributed by atoms with van der Waals surface area (Å²) in [6.07, 6.45) is 2.25. The average Bonchev–Trinajstić information content (AvgIpc) is 3.02. The summed E-state index contributed by atoms with van der Waals surface area (Å²) in [6, 6.07) is 10.4. The van der Waals surface area contributed by atoms with Gasteiger partial charge in [-0.25, -0.2) is 4.68 Å². The number of nitrogens with zero attached hydrogens (tertiary/aromatic N) is 5. The molecular weight excluding hydrogens is 257 g/mol. The van der Waals surface area contributed by atoms with Crippen LogP contribution in [-0.2, 0) is 6.54 Å². The van der Waals surface area contributed by atoms with Gasteiger partial charge in [-0.2, -0.15) is 0 Å². The van der Waals surface area contributed by atoms with E-state index in [9.17, 15) is 0 Å². The normalized spacial score (nSPS) is 19.9. The molecule has 7 heteroatoms. The number of tetrazole rings is 1. The van der Waals surface area contributed by atoms with Crippen molar-refractivity contribution >= 4 is 19.7 Å². The number of hydrogen-bond donors (Lipinski definition) is 0. The Balaban J connectivity index is 1.71. The van der Waals surface area contributed by atoms with Gasteiger partial charge in [0.1, 0.15) is 0 Å². The Bertz CT molecular complexity index is 532. The van der Waals surface area contributed by atoms with Gasteiger partial charge in [0, 0.05) is 10.9 Å². The van der Waals surface area contributed by atoms with Crippen molar-refractivity contribution < 1.29 is 0 Å². The van der Waals surface area contributed by atoms with Crippen LogP contribution in [0.15, 0.2) is 40.4 Å². The minimum Gasteiger partial charge on any atom is -0.349 e. The van der Waals surface area contributed by atoms with Gasteiger partial charge in [-0.1, -0.05) is 18.2 Å². The second kappa shape index (κ2) is 5.75. The van der Waals surface area contributed by atoms with E-state index in [1.54, 1.807) is 11.8 Å². The fraction of sp³-hybridized carbons (Fsp3) is 0.417. The third-order valence-electron chi connectivity index (χ3n) is 3.26. The third kappa shape index (κ3) is 2.98. The van der Waals surface area contributed by atoms with Crippen LogP contribution in [0.3, 0.4) is 0 Å². The van der Waals surface area contributed by atoms with E-state index in [0.29, 0.717) is 6.04 Å². The van der Waals surface area contributed by atoms with E-state index in [-0.39, 0.29) is 0 Å². The van der Waals surface area contributed by atoms with Crippen molar-refractivity contribution in [1.29, 1.82) is 0 Å². The summed E-state index contributed by atoms with van der Waals surface area (Å²) in [5.74, 6) is 0. The molecule has 1 aromatic heterocycles. The molecule has 2 heterocycles. The van der Waals surface area contributed by atoms with Crippen LogP contribution in [0.2, 0.25) is 0 Å². The molecule has 0 amide bonds. The zero-order valence-electron chi connectivity index (χ0n) is 10.5. The molecule has 19 heavy (non-hydrogen) atoms. The monoisotopic (exact) mass is 271 g/mol. The number of benzene rings is 1. The average molecular weight is 271 g/mol. The summed E-state index contributed by atoms with van der Waals surface area (Å²) in [5, 5.41) is 12.7. The Kier molecular flexibility index (Phi) is 3.84. The first-order chi connectivity index (χ1) is 9.33. The minimum atomic E-state index is 0.332. The fourth-order valence-corrected chi connectivity index (χ4v) is 3.03. The lowest BCUT2D eigenvalue weighted by atomic mass is 10.2. The van der Waals surface area contributed by atoms with Gasteiger partial charge in [0.2, 0.25) is 5.16 Å². The van der Waals surface area contributed by atoms with Crippen molar-refractivity contribution in [2.45, 2.75) is 35.5 Å². The molecule has 2 radical (unpaired) electrons. The lowest BCUT2D eigenvalue weighted by Gasteiger charge is -2.19. The van der Waals surface area contributed by atoms with Gasteiger partial charge in [-0.3, -0.25) is 0 Å². The summed E-state index contributed by atoms with van der Waals surface area (Å²) in [4.78, 5) is 3.02. The van der Waals surface area contributed by atoms with E-state index in [1.165, 1.54) is 0 Å². The Morgan fingerprint density at radius 3 is 2.89 bits per heavy atom. The predicted octanol–water partition coefficient (Wildman–Crippen LogP) is 1.37. The smallest absolute Gasteiger partial charge is 0.214 e. The van der Waals surface area contributed by atoms with E-state index in [0.717, 1.165) is 36.0 Å². The van der Waals surface area contributed by atoms with E-state index in [1.807, 2.05) is 27.7 Å². The molecule has 1 atom stereocenters. The van der Waals surface area contributed by atoms with Gasteiger partial charge in [-0.15, -0.1) is 5.10 Å².